The van der Waals surface area contributed by atoms with Gasteiger partial charge in [0.15, 0.2) is 5.84 Å². The Balaban J connectivity index is 2.25. The van der Waals surface area contributed by atoms with Crippen LogP contribution in [0.15, 0.2) is 35.5 Å². The molecule has 0 aliphatic heterocycles. The molecule has 0 radical (unpaired) electrons. The van der Waals surface area contributed by atoms with Gasteiger partial charge in [0.25, 0.3) is 0 Å². The minimum absolute atomic E-state index is 0.167. The van der Waals surface area contributed by atoms with E-state index in [1.807, 2.05) is 5.32 Å². The van der Waals surface area contributed by atoms with E-state index in [4.69, 9.17) is 10.9 Å². The lowest BCUT2D eigenvalue weighted by molar-refractivity contribution is -0.170. The lowest BCUT2D eigenvalue weighted by Crippen LogP contribution is -2.51. The van der Waals surface area contributed by atoms with Crippen molar-refractivity contribution in [1.29, 1.82) is 0 Å². The van der Waals surface area contributed by atoms with Crippen molar-refractivity contribution in [3.05, 3.63) is 35.9 Å². The molecule has 1 aromatic carbocycles. The predicted octanol–water partition coefficient (Wildman–Crippen LogP) is 1.73. The number of hydrogen-bond donors (Lipinski definition) is 3. The molecule has 4 N–H and O–H groups in total. The second-order valence-electron chi connectivity index (χ2n) is 4.94. The van der Waals surface area contributed by atoms with E-state index >= 15 is 0 Å². The van der Waals surface area contributed by atoms with Crippen molar-refractivity contribution in [2.45, 2.75) is 30.5 Å². The number of carbonyl (C=O) groups is 1. The molecule has 1 saturated carbocycles. The maximum absolute atomic E-state index is 12.9. The Morgan fingerprint density at radius 2 is 1.90 bits per heavy atom. The molecule has 1 unspecified atom stereocenters. The summed E-state index contributed by atoms with van der Waals surface area (Å²) in [5.74, 6) is -2.67. The third-order valence-electron chi connectivity index (χ3n) is 3.46. The Labute approximate surface area is 118 Å². The number of alkyl halides is 3. The van der Waals surface area contributed by atoms with Crippen LogP contribution in [0, 0.1) is 0 Å². The van der Waals surface area contributed by atoms with Gasteiger partial charge in [-0.05, 0) is 18.4 Å². The molecule has 114 valence electrons. The summed E-state index contributed by atoms with van der Waals surface area (Å²) >= 11 is 0. The van der Waals surface area contributed by atoms with Crippen molar-refractivity contribution in [1.82, 2.24) is 5.32 Å². The van der Waals surface area contributed by atoms with Crippen LogP contribution in [0.3, 0.4) is 0 Å². The third-order valence-corrected chi connectivity index (χ3v) is 3.46. The Morgan fingerprint density at radius 1 is 1.33 bits per heavy atom. The zero-order chi connectivity index (χ0) is 15.7. The average Bonchev–Trinajstić information content (AvgIpc) is 3.20. The number of carbonyl (C=O) groups excluding carboxylic acids is 1. The van der Waals surface area contributed by atoms with E-state index in [1.54, 1.807) is 18.2 Å². The van der Waals surface area contributed by atoms with Crippen LogP contribution in [0.1, 0.15) is 24.3 Å². The summed E-state index contributed by atoms with van der Waals surface area (Å²) in [5.41, 5.74) is 3.62. The molecule has 21 heavy (non-hydrogen) atoms. The summed E-state index contributed by atoms with van der Waals surface area (Å²) in [6, 6.07) is 7.95. The summed E-state index contributed by atoms with van der Waals surface area (Å²) in [7, 11) is 0. The third kappa shape index (κ3) is 2.93. The first-order valence-electron chi connectivity index (χ1n) is 6.22. The molecular weight excluding hydrogens is 287 g/mol. The second kappa shape index (κ2) is 5.27. The fourth-order valence-electron chi connectivity index (χ4n) is 2.07. The number of amides is 1. The Hall–Kier alpha value is -2.25. The molecule has 1 amide bonds. The van der Waals surface area contributed by atoms with Crippen molar-refractivity contribution < 1.29 is 23.2 Å². The highest BCUT2D eigenvalue weighted by molar-refractivity contribution is 6.07. The summed E-state index contributed by atoms with van der Waals surface area (Å²) in [6.07, 6.45) is -4.85. The fraction of sp³-hybridized carbons (Fsp3) is 0.385. The molecule has 0 heterocycles. The van der Waals surface area contributed by atoms with Crippen LogP contribution >= 0.6 is 0 Å². The van der Waals surface area contributed by atoms with Gasteiger partial charge in [-0.3, -0.25) is 4.79 Å². The van der Waals surface area contributed by atoms with Crippen molar-refractivity contribution in [2.75, 3.05) is 0 Å². The highest BCUT2D eigenvalue weighted by atomic mass is 19.4. The summed E-state index contributed by atoms with van der Waals surface area (Å²) < 4.78 is 38.6. The normalized spacial score (nSPS) is 18.9. The van der Waals surface area contributed by atoms with Gasteiger partial charge in [0.1, 0.15) is 11.5 Å². The van der Waals surface area contributed by atoms with Crippen molar-refractivity contribution in [2.24, 2.45) is 10.9 Å². The van der Waals surface area contributed by atoms with Crippen LogP contribution in [0.2, 0.25) is 0 Å². The monoisotopic (exact) mass is 301 g/mol. The zero-order valence-corrected chi connectivity index (χ0v) is 10.9. The first-order chi connectivity index (χ1) is 9.81. The number of nitrogens with one attached hydrogen (secondary N) is 1. The standard InChI is InChI=1S/C13H14F3N3O2/c14-13(15,16)12(6-7-12)18-11(20)9(10(17)19-21)8-4-2-1-3-5-8/h1-5,9,21H,6-7H2,(H2,17,19)(H,18,20). The first-order valence-corrected chi connectivity index (χ1v) is 6.22. The maximum atomic E-state index is 12.9. The van der Waals surface area contributed by atoms with Crippen LogP contribution < -0.4 is 11.1 Å². The molecule has 0 bridgehead atoms. The van der Waals surface area contributed by atoms with Gasteiger partial charge in [-0.2, -0.15) is 13.2 Å². The van der Waals surface area contributed by atoms with E-state index < -0.39 is 29.4 Å². The van der Waals surface area contributed by atoms with Gasteiger partial charge in [0.05, 0.1) is 0 Å². The lowest BCUT2D eigenvalue weighted by atomic mass is 9.96. The number of nitrogens with zero attached hydrogens (tertiary/aromatic N) is 1. The molecule has 1 aliphatic carbocycles. The zero-order valence-electron chi connectivity index (χ0n) is 10.9. The number of hydrogen-bond acceptors (Lipinski definition) is 3. The lowest BCUT2D eigenvalue weighted by Gasteiger charge is -2.24. The van der Waals surface area contributed by atoms with Crippen molar-refractivity contribution >= 4 is 11.7 Å². The smallest absolute Gasteiger partial charge is 0.409 e. The van der Waals surface area contributed by atoms with Crippen LogP contribution in [0.25, 0.3) is 0 Å². The second-order valence-corrected chi connectivity index (χ2v) is 4.94. The number of amidine groups is 1. The van der Waals surface area contributed by atoms with E-state index in [0.717, 1.165) is 0 Å². The van der Waals surface area contributed by atoms with Gasteiger partial charge >= 0.3 is 6.18 Å². The van der Waals surface area contributed by atoms with Crippen LogP contribution in [0.5, 0.6) is 0 Å². The highest BCUT2D eigenvalue weighted by Gasteiger charge is 2.64. The molecule has 1 aromatic rings. The molecule has 0 aromatic heterocycles. The fourth-order valence-corrected chi connectivity index (χ4v) is 2.07. The highest BCUT2D eigenvalue weighted by Crippen LogP contribution is 2.49. The molecule has 8 heteroatoms. The molecule has 1 aliphatic rings. The largest absolute Gasteiger partial charge is 0.411 e. The molecule has 1 atom stereocenters. The maximum Gasteiger partial charge on any atom is 0.411 e. The van der Waals surface area contributed by atoms with Crippen LogP contribution in [-0.2, 0) is 4.79 Å². The molecule has 0 saturated heterocycles. The molecular formula is C13H14F3N3O2. The van der Waals surface area contributed by atoms with Crippen molar-refractivity contribution in [3.8, 4) is 0 Å². The summed E-state index contributed by atoms with van der Waals surface area (Å²) in [6.45, 7) is 0. The van der Waals surface area contributed by atoms with Gasteiger partial charge in [-0.1, -0.05) is 35.5 Å². The van der Waals surface area contributed by atoms with Crippen molar-refractivity contribution in [3.63, 3.8) is 0 Å². The van der Waals surface area contributed by atoms with E-state index in [1.165, 1.54) is 12.1 Å². The Kier molecular flexibility index (Phi) is 3.80. The minimum Gasteiger partial charge on any atom is -0.409 e. The Morgan fingerprint density at radius 3 is 2.33 bits per heavy atom. The molecule has 2 rings (SSSR count). The van der Waals surface area contributed by atoms with E-state index in [9.17, 15) is 18.0 Å². The van der Waals surface area contributed by atoms with Crippen LogP contribution in [0.4, 0.5) is 13.2 Å². The van der Waals surface area contributed by atoms with Crippen LogP contribution in [-0.4, -0.2) is 28.7 Å². The van der Waals surface area contributed by atoms with Gasteiger partial charge in [-0.25, -0.2) is 0 Å². The Bertz CT molecular complexity index is 554. The van der Waals surface area contributed by atoms with Gasteiger partial charge < -0.3 is 16.3 Å². The predicted molar refractivity (Wildman–Crippen MR) is 68.8 cm³/mol. The SMILES string of the molecule is N/C(=N/O)C(C(=O)NC1(C(F)(F)F)CC1)c1ccccc1. The topological polar surface area (TPSA) is 87.7 Å². The average molecular weight is 301 g/mol. The first kappa shape index (κ1) is 15.1. The summed E-state index contributed by atoms with van der Waals surface area (Å²) in [4.78, 5) is 12.2. The minimum atomic E-state index is -4.52. The van der Waals surface area contributed by atoms with E-state index in [2.05, 4.69) is 5.16 Å². The number of nitrogens with two attached hydrogens (primary N) is 1. The van der Waals surface area contributed by atoms with Gasteiger partial charge in [0, 0.05) is 0 Å². The number of oxime groups is 1. The number of halogens is 3. The van der Waals surface area contributed by atoms with E-state index in [-0.39, 0.29) is 12.8 Å². The molecule has 5 nitrogen and oxygen atoms in total. The quantitative estimate of drug-likeness (QED) is 0.342. The van der Waals surface area contributed by atoms with Gasteiger partial charge in [-0.15, -0.1) is 0 Å². The van der Waals surface area contributed by atoms with Gasteiger partial charge in [0.2, 0.25) is 5.91 Å². The number of benzene rings is 1. The molecule has 1 fully saturated rings. The summed E-state index contributed by atoms with van der Waals surface area (Å²) in [5, 5.41) is 13.5. The number of rotatable bonds is 4. The molecule has 0 spiro atoms. The van der Waals surface area contributed by atoms with E-state index in [0.29, 0.717) is 5.56 Å².